The van der Waals surface area contributed by atoms with E-state index in [1.165, 1.54) is 26.3 Å². The van der Waals surface area contributed by atoms with Crippen molar-refractivity contribution in [3.05, 3.63) is 52.1 Å². The van der Waals surface area contributed by atoms with Gasteiger partial charge in [0.15, 0.2) is 5.75 Å². The Hall–Kier alpha value is -1.58. The number of nitrogens with one attached hydrogen (secondary N) is 1. The predicted molar refractivity (Wildman–Crippen MR) is 90.3 cm³/mol. The molecule has 0 heterocycles. The van der Waals surface area contributed by atoms with E-state index in [1.807, 2.05) is 0 Å². The maximum Gasteiger partial charge on any atom is 1.00 e. The number of hydrazine groups is 1. The van der Waals surface area contributed by atoms with Gasteiger partial charge in [0.2, 0.25) is 0 Å². The van der Waals surface area contributed by atoms with Crippen LogP contribution in [0.2, 0.25) is 0 Å². The van der Waals surface area contributed by atoms with E-state index in [0.717, 1.165) is 23.0 Å². The molecule has 0 aliphatic rings. The number of carbonyl (C=O) groups excluding carboxylic acids is 1. The van der Waals surface area contributed by atoms with Crippen molar-refractivity contribution in [1.82, 2.24) is 0 Å². The average molecular weight is 455 g/mol. The van der Waals surface area contributed by atoms with Crippen LogP contribution in [0.25, 0.3) is 0 Å². The third kappa shape index (κ3) is 6.72. The number of carbonyl (C=O) groups is 1. The first-order chi connectivity index (χ1) is 13.1. The minimum atomic E-state index is -4.88. The van der Waals surface area contributed by atoms with Gasteiger partial charge in [-0.3, -0.25) is 10.1 Å². The van der Waals surface area contributed by atoms with Gasteiger partial charge in [-0.25, -0.2) is 8.42 Å². The molecule has 0 unspecified atom stereocenters. The number of azo groups is 1. The zero-order valence-electron chi connectivity index (χ0n) is 16.5. The maximum atomic E-state index is 11.4. The summed E-state index contributed by atoms with van der Waals surface area (Å²) in [6.07, 6.45) is 0. The minimum absolute atomic E-state index is 0. The molecule has 12 nitrogen and oxygen atoms in total. The van der Waals surface area contributed by atoms with Crippen LogP contribution in [0, 0.1) is 10.1 Å². The molecule has 1 N–H and O–H groups in total. The van der Waals surface area contributed by atoms with Gasteiger partial charge in [-0.15, -0.1) is 5.43 Å². The number of methoxy groups -OCH3 is 1. The van der Waals surface area contributed by atoms with Crippen molar-refractivity contribution in [1.29, 1.82) is 0 Å². The van der Waals surface area contributed by atoms with Crippen LogP contribution in [0.1, 0.15) is 10.4 Å². The Morgan fingerprint density at radius 2 is 1.80 bits per heavy atom. The van der Waals surface area contributed by atoms with Gasteiger partial charge < -0.3 is 19.2 Å². The van der Waals surface area contributed by atoms with E-state index >= 15 is 0 Å². The molecule has 2 aromatic carbocycles. The number of ether oxygens (including phenoxy) is 1. The number of hydrogen-bond acceptors (Lipinski definition) is 9. The molecule has 15 heteroatoms. The number of nitro groups is 1. The topological polar surface area (TPSA) is 177 Å². The molecule has 0 atom stereocenters. The zero-order chi connectivity index (χ0) is 21.1. The monoisotopic (exact) mass is 455 g/mol. The summed E-state index contributed by atoms with van der Waals surface area (Å²) >= 11 is 0. The first kappa shape index (κ1) is 28.4. The van der Waals surface area contributed by atoms with Crippen LogP contribution in [0.3, 0.4) is 0 Å². The van der Waals surface area contributed by atoms with Crippen LogP contribution < -0.4 is 74.4 Å². The van der Waals surface area contributed by atoms with Crippen LogP contribution >= 0.6 is 0 Å². The zero-order valence-corrected chi connectivity index (χ0v) is 21.3. The second-order valence-electron chi connectivity index (χ2n) is 5.19. The van der Waals surface area contributed by atoms with Crippen molar-refractivity contribution >= 4 is 33.1 Å². The second kappa shape index (κ2) is 11.7. The molecule has 148 valence electrons. The van der Waals surface area contributed by atoms with Crippen LogP contribution in [0.15, 0.2) is 46.4 Å². The van der Waals surface area contributed by atoms with E-state index in [2.05, 4.69) is 10.5 Å². The number of hydrogen-bond donors (Lipinski definition) is 1. The van der Waals surface area contributed by atoms with Crippen molar-refractivity contribution in [2.24, 2.45) is 5.11 Å². The van der Waals surface area contributed by atoms with Gasteiger partial charge in [0, 0.05) is 16.9 Å². The largest absolute Gasteiger partial charge is 1.00 e. The van der Waals surface area contributed by atoms with Gasteiger partial charge in [-0.05, 0) is 23.3 Å². The maximum absolute atomic E-state index is 11.4. The minimum Gasteiger partial charge on any atom is -0.744 e. The molecule has 2 aromatic rings. The molecule has 0 bridgehead atoms. The fourth-order valence-corrected chi connectivity index (χ4v) is 2.73. The fraction of sp³-hybridized carbons (Fsp3) is 0.133. The number of carboxylic acid groups (broad SMARTS) is 1. The Morgan fingerprint density at radius 3 is 2.27 bits per heavy atom. The SMILES string of the molecule is CN=[N+](Nc1ccc([N+](=O)[O-])cc1OC)c1ccc(S(=O)(=O)[O-])cc1C(=O)[O-].[Na+].[Na+]. The Morgan fingerprint density at radius 1 is 1.17 bits per heavy atom. The van der Waals surface area contributed by atoms with Crippen molar-refractivity contribution < 1.29 is 96.5 Å². The Kier molecular flexibility index (Phi) is 11.1. The van der Waals surface area contributed by atoms with Gasteiger partial charge in [-0.2, -0.15) is 0 Å². The van der Waals surface area contributed by atoms with E-state index in [4.69, 9.17) is 4.74 Å². The molecule has 0 spiro atoms. The fourth-order valence-electron chi connectivity index (χ4n) is 2.24. The Labute approximate surface area is 215 Å². The number of nitro benzene ring substituents is 1. The predicted octanol–water partition coefficient (Wildman–Crippen LogP) is -5.37. The number of carboxylic acids is 1. The van der Waals surface area contributed by atoms with E-state index in [1.54, 1.807) is 0 Å². The Bertz CT molecular complexity index is 1090. The summed E-state index contributed by atoms with van der Waals surface area (Å²) in [6.45, 7) is 0. The van der Waals surface area contributed by atoms with E-state index in [-0.39, 0.29) is 81.9 Å². The summed E-state index contributed by atoms with van der Waals surface area (Å²) in [5.74, 6) is -1.68. The smallest absolute Gasteiger partial charge is 0.744 e. The molecule has 0 fully saturated rings. The second-order valence-corrected chi connectivity index (χ2v) is 6.57. The molecule has 0 aromatic heterocycles. The van der Waals surface area contributed by atoms with Gasteiger partial charge in [0.1, 0.15) is 15.8 Å². The average Bonchev–Trinajstić information content (AvgIpc) is 2.64. The van der Waals surface area contributed by atoms with Crippen molar-refractivity contribution in [2.75, 3.05) is 19.6 Å². The molecular formula is C15H13N4Na2O8S+. The van der Waals surface area contributed by atoms with Crippen LogP contribution in [-0.2, 0) is 10.1 Å². The normalized spacial score (nSPS) is 11.0. The van der Waals surface area contributed by atoms with Crippen LogP contribution in [0.4, 0.5) is 17.1 Å². The first-order valence-electron chi connectivity index (χ1n) is 7.38. The summed E-state index contributed by atoms with van der Waals surface area (Å²) < 4.78 is 38.5. The summed E-state index contributed by atoms with van der Waals surface area (Å²) in [5.41, 5.74) is 1.89. The molecular weight excluding hydrogens is 442 g/mol. The van der Waals surface area contributed by atoms with E-state index in [0.29, 0.717) is 6.07 Å². The molecule has 0 aliphatic carbocycles. The Balaban J connectivity index is 0.00000420. The number of aromatic carboxylic acids is 1. The summed E-state index contributed by atoms with van der Waals surface area (Å²) in [4.78, 5) is 21.9. The van der Waals surface area contributed by atoms with Crippen molar-refractivity contribution in [3.8, 4) is 5.75 Å². The third-order valence-electron chi connectivity index (χ3n) is 3.53. The first-order valence-corrected chi connectivity index (χ1v) is 8.79. The summed E-state index contributed by atoms with van der Waals surface area (Å²) in [7, 11) is -2.32. The quantitative estimate of drug-likeness (QED) is 0.107. The molecule has 0 amide bonds. The summed E-state index contributed by atoms with van der Waals surface area (Å²) in [6, 6.07) is 6.25. The van der Waals surface area contributed by atoms with Gasteiger partial charge in [0.05, 0.1) is 41.6 Å². The molecule has 30 heavy (non-hydrogen) atoms. The van der Waals surface area contributed by atoms with Gasteiger partial charge >= 0.3 is 59.1 Å². The summed E-state index contributed by atoms with van der Waals surface area (Å²) in [5, 5.41) is 26.1. The van der Waals surface area contributed by atoms with Crippen LogP contribution in [0.5, 0.6) is 5.75 Å². The van der Waals surface area contributed by atoms with Crippen molar-refractivity contribution in [3.63, 3.8) is 0 Å². The number of non-ortho nitro benzene ring substituents is 1. The van der Waals surface area contributed by atoms with Gasteiger partial charge in [0.25, 0.3) is 11.4 Å². The van der Waals surface area contributed by atoms with E-state index in [9.17, 15) is 33.0 Å². The molecule has 0 radical (unpaired) electrons. The van der Waals surface area contributed by atoms with Gasteiger partial charge in [-0.1, -0.05) is 0 Å². The molecule has 0 aliphatic heterocycles. The van der Waals surface area contributed by atoms with E-state index < -0.39 is 31.5 Å². The number of nitrogens with zero attached hydrogens (tertiary/aromatic N) is 3. The number of rotatable bonds is 7. The molecule has 0 saturated heterocycles. The number of anilines is 1. The third-order valence-corrected chi connectivity index (χ3v) is 4.36. The number of benzene rings is 2. The molecule has 0 saturated carbocycles. The van der Waals surface area contributed by atoms with Crippen LogP contribution in [-0.4, -0.2) is 42.8 Å². The molecule has 2 rings (SSSR count). The standard InChI is InChI=1S/C15H14N4O8S.2Na/c1-16-18(17-12-5-3-9(19(22)23)7-14(12)27-2)13-6-4-10(28(24,25)26)8-11(13)15(20)21;;/h3-8H,1-2H3,(H2-,16,17,20,21,24,25,26);;/q;2*+1/p-1. The van der Waals surface area contributed by atoms with Crippen molar-refractivity contribution in [2.45, 2.75) is 4.90 Å².